The van der Waals surface area contributed by atoms with E-state index in [1.807, 2.05) is 12.1 Å². The first-order chi connectivity index (χ1) is 11.0. The quantitative estimate of drug-likeness (QED) is 0.779. The summed E-state index contributed by atoms with van der Waals surface area (Å²) in [5.74, 6) is 0.517. The minimum absolute atomic E-state index is 0.283. The zero-order chi connectivity index (χ0) is 16.8. The van der Waals surface area contributed by atoms with Crippen molar-refractivity contribution in [3.05, 3.63) is 52.5 Å². The number of aldehydes is 1. The molecule has 0 aromatic heterocycles. The molecule has 1 N–H and O–H groups in total. The van der Waals surface area contributed by atoms with E-state index in [1.54, 1.807) is 37.3 Å². The lowest BCUT2D eigenvalue weighted by Crippen LogP contribution is -2.30. The van der Waals surface area contributed by atoms with Gasteiger partial charge in [-0.2, -0.15) is 0 Å². The third kappa shape index (κ3) is 4.56. The van der Waals surface area contributed by atoms with Crippen LogP contribution in [-0.4, -0.2) is 25.4 Å². The highest BCUT2D eigenvalue weighted by molar-refractivity contribution is 9.10. The van der Waals surface area contributed by atoms with Gasteiger partial charge in [0.25, 0.3) is 5.91 Å². The summed E-state index contributed by atoms with van der Waals surface area (Å²) < 4.78 is 11.7. The molecule has 0 radical (unpaired) electrons. The average molecular weight is 378 g/mol. The largest absolute Gasteiger partial charge is 0.493 e. The highest BCUT2D eigenvalue weighted by Crippen LogP contribution is 2.28. The summed E-state index contributed by atoms with van der Waals surface area (Å²) in [5.41, 5.74) is 1.15. The molecule has 2 rings (SSSR count). The van der Waals surface area contributed by atoms with E-state index in [2.05, 4.69) is 21.2 Å². The Labute approximate surface area is 142 Å². The number of anilines is 1. The fraction of sp³-hybridized carbons (Fsp3) is 0.176. The molecule has 23 heavy (non-hydrogen) atoms. The van der Waals surface area contributed by atoms with E-state index >= 15 is 0 Å². The van der Waals surface area contributed by atoms with E-state index in [0.29, 0.717) is 22.7 Å². The molecule has 1 amide bonds. The molecule has 0 saturated heterocycles. The minimum Gasteiger partial charge on any atom is -0.493 e. The normalized spacial score (nSPS) is 11.4. The second-order valence-electron chi connectivity index (χ2n) is 4.78. The van der Waals surface area contributed by atoms with Gasteiger partial charge in [0.2, 0.25) is 0 Å². The Hall–Kier alpha value is -2.34. The van der Waals surface area contributed by atoms with E-state index in [9.17, 15) is 9.59 Å². The second-order valence-corrected chi connectivity index (χ2v) is 5.70. The Kier molecular flexibility index (Phi) is 5.76. The molecule has 0 saturated carbocycles. The summed E-state index contributed by atoms with van der Waals surface area (Å²) in [6.45, 7) is 1.64. The molecule has 0 heterocycles. The van der Waals surface area contributed by atoms with Gasteiger partial charge >= 0.3 is 0 Å². The van der Waals surface area contributed by atoms with E-state index in [0.717, 1.165) is 10.8 Å². The van der Waals surface area contributed by atoms with Gasteiger partial charge in [0, 0.05) is 15.7 Å². The van der Waals surface area contributed by atoms with Gasteiger partial charge in [-0.05, 0) is 49.4 Å². The van der Waals surface area contributed by atoms with E-state index in [1.165, 1.54) is 7.11 Å². The first-order valence-electron chi connectivity index (χ1n) is 6.90. The van der Waals surface area contributed by atoms with Gasteiger partial charge in [0.15, 0.2) is 17.6 Å². The van der Waals surface area contributed by atoms with Crippen molar-refractivity contribution in [1.29, 1.82) is 0 Å². The highest BCUT2D eigenvalue weighted by Gasteiger charge is 2.17. The molecule has 0 bridgehead atoms. The summed E-state index contributed by atoms with van der Waals surface area (Å²) >= 11 is 3.34. The lowest BCUT2D eigenvalue weighted by Gasteiger charge is -2.17. The van der Waals surface area contributed by atoms with E-state index in [4.69, 9.17) is 9.47 Å². The number of benzene rings is 2. The van der Waals surface area contributed by atoms with Crippen LogP contribution in [0.5, 0.6) is 11.5 Å². The molecule has 0 fully saturated rings. The predicted octanol–water partition coefficient (Wildman–Crippen LogP) is 3.68. The fourth-order valence-electron chi connectivity index (χ4n) is 1.88. The molecule has 6 heteroatoms. The first-order valence-corrected chi connectivity index (χ1v) is 7.69. The smallest absolute Gasteiger partial charge is 0.265 e. The van der Waals surface area contributed by atoms with Gasteiger partial charge in [-0.25, -0.2) is 0 Å². The molecule has 2 aromatic rings. The Morgan fingerprint density at radius 2 is 1.87 bits per heavy atom. The van der Waals surface area contributed by atoms with Crippen LogP contribution >= 0.6 is 15.9 Å². The molecule has 0 unspecified atom stereocenters. The molecule has 2 aromatic carbocycles. The van der Waals surface area contributed by atoms with Crippen LogP contribution in [0, 0.1) is 0 Å². The predicted molar refractivity (Wildman–Crippen MR) is 91.2 cm³/mol. The summed E-state index contributed by atoms with van der Waals surface area (Å²) in [5, 5.41) is 2.77. The molecule has 0 aliphatic heterocycles. The van der Waals surface area contributed by atoms with Crippen LogP contribution in [0.1, 0.15) is 17.3 Å². The number of amides is 1. The lowest BCUT2D eigenvalue weighted by atomic mass is 10.2. The maximum absolute atomic E-state index is 12.2. The van der Waals surface area contributed by atoms with Gasteiger partial charge in [-0.1, -0.05) is 15.9 Å². The number of rotatable bonds is 6. The number of halogens is 1. The Bertz CT molecular complexity index is 700. The van der Waals surface area contributed by atoms with Crippen LogP contribution in [0.15, 0.2) is 46.9 Å². The van der Waals surface area contributed by atoms with Crippen LogP contribution in [0.2, 0.25) is 0 Å². The van der Waals surface area contributed by atoms with Gasteiger partial charge in [0.05, 0.1) is 7.11 Å². The van der Waals surface area contributed by atoms with Crippen molar-refractivity contribution in [2.24, 2.45) is 0 Å². The topological polar surface area (TPSA) is 64.6 Å². The van der Waals surface area contributed by atoms with Crippen molar-refractivity contribution < 1.29 is 19.1 Å². The van der Waals surface area contributed by atoms with Crippen LogP contribution < -0.4 is 14.8 Å². The SMILES string of the molecule is COc1cc(C=O)ccc1O[C@H](C)C(=O)Nc1ccc(Br)cc1. The number of methoxy groups -OCH3 is 1. The molecule has 5 nitrogen and oxygen atoms in total. The second kappa shape index (κ2) is 7.78. The first kappa shape index (κ1) is 17.0. The van der Waals surface area contributed by atoms with Crippen molar-refractivity contribution in [2.45, 2.75) is 13.0 Å². The standard InChI is InChI=1S/C17H16BrNO4/c1-11(17(21)19-14-6-4-13(18)5-7-14)23-15-8-3-12(10-20)9-16(15)22-2/h3-11H,1-2H3,(H,19,21)/t11-/m1/s1. The van der Waals surface area contributed by atoms with Crippen LogP contribution in [0.3, 0.4) is 0 Å². The highest BCUT2D eigenvalue weighted by atomic mass is 79.9. The fourth-order valence-corrected chi connectivity index (χ4v) is 2.14. The summed E-state index contributed by atoms with van der Waals surface area (Å²) in [4.78, 5) is 23.0. The molecule has 1 atom stereocenters. The number of ether oxygens (including phenoxy) is 2. The molecule has 0 spiro atoms. The molecular weight excluding hydrogens is 362 g/mol. The van der Waals surface area contributed by atoms with E-state index in [-0.39, 0.29) is 5.91 Å². The Balaban J connectivity index is 2.06. The molecule has 120 valence electrons. The van der Waals surface area contributed by atoms with Crippen LogP contribution in [0.25, 0.3) is 0 Å². The number of carbonyl (C=O) groups excluding carboxylic acids is 2. The Morgan fingerprint density at radius 3 is 2.48 bits per heavy atom. The number of nitrogens with one attached hydrogen (secondary N) is 1. The maximum atomic E-state index is 12.2. The third-order valence-electron chi connectivity index (χ3n) is 3.11. The van der Waals surface area contributed by atoms with Crippen molar-refractivity contribution in [1.82, 2.24) is 0 Å². The van der Waals surface area contributed by atoms with Gasteiger partial charge in [-0.3, -0.25) is 9.59 Å². The van der Waals surface area contributed by atoms with Gasteiger partial charge in [-0.15, -0.1) is 0 Å². The van der Waals surface area contributed by atoms with Crippen LogP contribution in [0.4, 0.5) is 5.69 Å². The van der Waals surface area contributed by atoms with E-state index < -0.39 is 6.10 Å². The molecule has 0 aliphatic rings. The average Bonchev–Trinajstić information content (AvgIpc) is 2.57. The zero-order valence-electron chi connectivity index (χ0n) is 12.7. The van der Waals surface area contributed by atoms with Crippen molar-refractivity contribution in [3.63, 3.8) is 0 Å². The number of hydrogen-bond acceptors (Lipinski definition) is 4. The molecule has 0 aliphatic carbocycles. The summed E-state index contributed by atoms with van der Waals surface area (Å²) in [6, 6.07) is 12.0. The number of carbonyl (C=O) groups is 2. The van der Waals surface area contributed by atoms with Crippen LogP contribution in [-0.2, 0) is 4.79 Å². The molecular formula is C17H16BrNO4. The Morgan fingerprint density at radius 1 is 1.17 bits per heavy atom. The van der Waals surface area contributed by atoms with Gasteiger partial charge in [0.1, 0.15) is 6.29 Å². The minimum atomic E-state index is -0.727. The summed E-state index contributed by atoms with van der Waals surface area (Å²) in [7, 11) is 1.48. The van der Waals surface area contributed by atoms with Crippen molar-refractivity contribution >= 4 is 33.8 Å². The van der Waals surface area contributed by atoms with Crippen molar-refractivity contribution in [2.75, 3.05) is 12.4 Å². The van der Waals surface area contributed by atoms with Gasteiger partial charge < -0.3 is 14.8 Å². The van der Waals surface area contributed by atoms with Crippen molar-refractivity contribution in [3.8, 4) is 11.5 Å². The number of hydrogen-bond donors (Lipinski definition) is 1. The monoisotopic (exact) mass is 377 g/mol. The third-order valence-corrected chi connectivity index (χ3v) is 3.64. The zero-order valence-corrected chi connectivity index (χ0v) is 14.3. The maximum Gasteiger partial charge on any atom is 0.265 e. The lowest BCUT2D eigenvalue weighted by molar-refractivity contribution is -0.122. The summed E-state index contributed by atoms with van der Waals surface area (Å²) in [6.07, 6.45) is -0.00897.